The van der Waals surface area contributed by atoms with Gasteiger partial charge in [0.05, 0.1) is 5.04 Å². The van der Waals surface area contributed by atoms with E-state index < -0.39 is 0 Å². The quantitative estimate of drug-likeness (QED) is 0.529. The van der Waals surface area contributed by atoms with Gasteiger partial charge in [0.25, 0.3) is 0 Å². The minimum atomic E-state index is 1.04. The van der Waals surface area contributed by atoms with Crippen LogP contribution in [0.4, 0.5) is 0 Å². The molecule has 14 heavy (non-hydrogen) atoms. The second-order valence-corrected chi connectivity index (χ2v) is 4.42. The molecule has 0 aliphatic heterocycles. The van der Waals surface area contributed by atoms with Gasteiger partial charge in [-0.2, -0.15) is 0 Å². The lowest BCUT2D eigenvalue weighted by Crippen LogP contribution is -1.85. The van der Waals surface area contributed by atoms with Gasteiger partial charge in [0, 0.05) is 12.0 Å². The molecule has 1 nitrogen and oxygen atoms in total. The summed E-state index contributed by atoms with van der Waals surface area (Å²) in [7, 11) is 1.80. The maximum absolute atomic E-state index is 4.09. The molecule has 0 unspecified atom stereocenters. The van der Waals surface area contributed by atoms with E-state index in [4.69, 9.17) is 0 Å². The highest BCUT2D eigenvalue weighted by molar-refractivity contribution is 8.21. The third-order valence-electron chi connectivity index (χ3n) is 1.96. The Labute approximate surface area is 89.9 Å². The largest absolute Gasteiger partial charge is 0.286 e. The van der Waals surface area contributed by atoms with Crippen LogP contribution >= 0.6 is 11.8 Å². The molecule has 1 rings (SSSR count). The van der Waals surface area contributed by atoms with E-state index in [2.05, 4.69) is 42.8 Å². The number of hydrogen-bond acceptors (Lipinski definition) is 2. The fourth-order valence-electron chi connectivity index (χ4n) is 1.02. The third-order valence-corrected chi connectivity index (χ3v) is 2.92. The number of aliphatic imine (C=N–C) groups is 1. The molecule has 0 aromatic heterocycles. The molecule has 0 fully saturated rings. The number of aryl methyl sites for hydroxylation is 1. The summed E-state index contributed by atoms with van der Waals surface area (Å²) in [5.74, 6) is 0. The van der Waals surface area contributed by atoms with E-state index in [1.54, 1.807) is 18.8 Å². The zero-order valence-corrected chi connectivity index (χ0v) is 9.69. The predicted octanol–water partition coefficient (Wildman–Crippen LogP) is 3.75. The van der Waals surface area contributed by atoms with Crippen molar-refractivity contribution in [1.29, 1.82) is 0 Å². The number of hydrogen-bond donors (Lipinski definition) is 0. The summed E-state index contributed by atoms with van der Waals surface area (Å²) >= 11 is 1.61. The second kappa shape index (κ2) is 5.01. The Morgan fingerprint density at radius 1 is 1.29 bits per heavy atom. The molecule has 0 heterocycles. The van der Waals surface area contributed by atoms with Gasteiger partial charge in [0.1, 0.15) is 0 Å². The highest BCUT2D eigenvalue weighted by atomic mass is 32.2. The molecule has 0 aliphatic rings. The van der Waals surface area contributed by atoms with Gasteiger partial charge in [-0.3, -0.25) is 4.99 Å². The summed E-state index contributed by atoms with van der Waals surface area (Å²) in [5, 5.41) is 1.04. The predicted molar refractivity (Wildman–Crippen MR) is 66.8 cm³/mol. The molecule has 0 aliphatic carbocycles. The van der Waals surface area contributed by atoms with Crippen LogP contribution in [0.5, 0.6) is 0 Å². The normalized spacial score (nSPS) is 11.5. The molecule has 0 saturated carbocycles. The first kappa shape index (κ1) is 11.1. The molecular weight excluding hydrogens is 190 g/mol. The maximum Gasteiger partial charge on any atom is 0.0689 e. The van der Waals surface area contributed by atoms with E-state index in [0.29, 0.717) is 0 Å². The molecule has 0 saturated heterocycles. The summed E-state index contributed by atoms with van der Waals surface area (Å²) in [6.45, 7) is 8.10. The Morgan fingerprint density at radius 2 is 1.86 bits per heavy atom. The van der Waals surface area contributed by atoms with Crippen molar-refractivity contribution in [3.63, 3.8) is 0 Å². The number of thioether (sulfide) groups is 1. The molecule has 74 valence electrons. The van der Waals surface area contributed by atoms with Crippen LogP contribution in [0.15, 0.2) is 35.8 Å². The van der Waals surface area contributed by atoms with E-state index in [-0.39, 0.29) is 0 Å². The fourth-order valence-corrected chi connectivity index (χ4v) is 1.72. The molecule has 0 spiro atoms. The van der Waals surface area contributed by atoms with Crippen molar-refractivity contribution in [2.75, 3.05) is 7.05 Å². The SMILES string of the molecule is C=C(S/C(C)=N\C)c1ccc(C)cc1. The van der Waals surface area contributed by atoms with Crippen LogP contribution in [0, 0.1) is 6.92 Å². The van der Waals surface area contributed by atoms with Crippen molar-refractivity contribution < 1.29 is 0 Å². The summed E-state index contributed by atoms with van der Waals surface area (Å²) in [6, 6.07) is 8.38. The monoisotopic (exact) mass is 205 g/mol. The smallest absolute Gasteiger partial charge is 0.0689 e. The molecule has 1 aromatic rings. The van der Waals surface area contributed by atoms with Crippen LogP contribution in [-0.4, -0.2) is 12.1 Å². The average molecular weight is 205 g/mol. The van der Waals surface area contributed by atoms with E-state index in [9.17, 15) is 0 Å². The first-order valence-electron chi connectivity index (χ1n) is 4.50. The lowest BCUT2D eigenvalue weighted by Gasteiger charge is -2.04. The zero-order chi connectivity index (χ0) is 10.6. The van der Waals surface area contributed by atoms with Gasteiger partial charge >= 0.3 is 0 Å². The number of benzene rings is 1. The molecular formula is C12H15NS. The van der Waals surface area contributed by atoms with Gasteiger partial charge in [-0.15, -0.1) is 0 Å². The molecule has 0 N–H and O–H groups in total. The maximum atomic E-state index is 4.09. The minimum absolute atomic E-state index is 1.04. The first-order chi connectivity index (χ1) is 6.63. The van der Waals surface area contributed by atoms with Crippen molar-refractivity contribution in [1.82, 2.24) is 0 Å². The topological polar surface area (TPSA) is 12.4 Å². The Hall–Kier alpha value is -1.02. The van der Waals surface area contributed by atoms with E-state index >= 15 is 0 Å². The number of rotatable bonds is 2. The van der Waals surface area contributed by atoms with Crippen molar-refractivity contribution in [3.8, 4) is 0 Å². The zero-order valence-electron chi connectivity index (χ0n) is 8.87. The average Bonchev–Trinajstić information content (AvgIpc) is 2.18. The van der Waals surface area contributed by atoms with Crippen LogP contribution in [0.2, 0.25) is 0 Å². The highest BCUT2D eigenvalue weighted by Gasteiger charge is 2.00. The van der Waals surface area contributed by atoms with Gasteiger partial charge in [-0.1, -0.05) is 48.2 Å². The van der Waals surface area contributed by atoms with Crippen LogP contribution < -0.4 is 0 Å². The van der Waals surface area contributed by atoms with Crippen LogP contribution in [0.3, 0.4) is 0 Å². The Morgan fingerprint density at radius 3 is 2.36 bits per heavy atom. The summed E-state index contributed by atoms with van der Waals surface area (Å²) in [4.78, 5) is 5.14. The van der Waals surface area contributed by atoms with E-state index in [1.165, 1.54) is 11.1 Å². The summed E-state index contributed by atoms with van der Waals surface area (Å²) < 4.78 is 0. The number of nitrogens with zero attached hydrogens (tertiary/aromatic N) is 1. The highest BCUT2D eigenvalue weighted by Crippen LogP contribution is 2.26. The van der Waals surface area contributed by atoms with Crippen molar-refractivity contribution in [3.05, 3.63) is 42.0 Å². The van der Waals surface area contributed by atoms with Gasteiger partial charge in [0.15, 0.2) is 0 Å². The van der Waals surface area contributed by atoms with Gasteiger partial charge in [0.2, 0.25) is 0 Å². The van der Waals surface area contributed by atoms with Crippen LogP contribution in [-0.2, 0) is 0 Å². The van der Waals surface area contributed by atoms with Gasteiger partial charge in [-0.25, -0.2) is 0 Å². The van der Waals surface area contributed by atoms with E-state index in [1.807, 2.05) is 6.92 Å². The minimum Gasteiger partial charge on any atom is -0.286 e. The standard InChI is InChI=1S/C12H15NS/c1-9-5-7-12(8-6-9)10(2)14-11(3)13-4/h5-8H,2H2,1,3-4H3/b13-11-. The molecule has 2 heteroatoms. The lowest BCUT2D eigenvalue weighted by atomic mass is 10.1. The molecule has 0 radical (unpaired) electrons. The van der Waals surface area contributed by atoms with Crippen molar-refractivity contribution in [2.45, 2.75) is 13.8 Å². The van der Waals surface area contributed by atoms with Gasteiger partial charge < -0.3 is 0 Å². The Bertz CT molecular complexity index is 349. The molecule has 0 bridgehead atoms. The van der Waals surface area contributed by atoms with Crippen molar-refractivity contribution in [2.24, 2.45) is 4.99 Å². The molecule has 0 amide bonds. The summed E-state index contributed by atoms with van der Waals surface area (Å²) in [5.41, 5.74) is 2.44. The van der Waals surface area contributed by atoms with Crippen LogP contribution in [0.1, 0.15) is 18.1 Å². The van der Waals surface area contributed by atoms with Gasteiger partial charge in [-0.05, 0) is 19.4 Å². The Balaban J connectivity index is 2.75. The fraction of sp³-hybridized carbons (Fsp3) is 0.250. The first-order valence-corrected chi connectivity index (χ1v) is 5.32. The second-order valence-electron chi connectivity index (χ2n) is 3.13. The summed E-state index contributed by atoms with van der Waals surface area (Å²) in [6.07, 6.45) is 0. The Kier molecular flexibility index (Phi) is 3.96. The molecule has 1 aromatic carbocycles. The lowest BCUT2D eigenvalue weighted by molar-refractivity contribution is 1.45. The van der Waals surface area contributed by atoms with Crippen LogP contribution in [0.25, 0.3) is 4.91 Å². The van der Waals surface area contributed by atoms with E-state index in [0.717, 1.165) is 9.95 Å². The van der Waals surface area contributed by atoms with Crippen molar-refractivity contribution >= 4 is 21.7 Å². The third kappa shape index (κ3) is 3.04. The molecule has 0 atom stereocenters.